The van der Waals surface area contributed by atoms with Gasteiger partial charge in [0.1, 0.15) is 5.69 Å². The van der Waals surface area contributed by atoms with E-state index in [4.69, 9.17) is 0 Å². The number of hydrogen-bond donors (Lipinski definition) is 1. The van der Waals surface area contributed by atoms with Crippen LogP contribution in [0.4, 0.5) is 0 Å². The van der Waals surface area contributed by atoms with Gasteiger partial charge in [0.05, 0.1) is 5.60 Å². The zero-order chi connectivity index (χ0) is 13.9. The molecule has 0 spiro atoms. The number of hydrogen-bond acceptors (Lipinski definition) is 3. The molecule has 1 heterocycles. The molecule has 0 bridgehead atoms. The summed E-state index contributed by atoms with van der Waals surface area (Å²) in [4.78, 5) is 25.3. The lowest BCUT2D eigenvalue weighted by atomic mass is 10.1. The van der Waals surface area contributed by atoms with Crippen LogP contribution in [0, 0.1) is 0 Å². The number of pyridine rings is 1. The minimum atomic E-state index is -0.959. The van der Waals surface area contributed by atoms with Gasteiger partial charge in [-0.3, -0.25) is 9.59 Å². The van der Waals surface area contributed by atoms with Gasteiger partial charge in [-0.2, -0.15) is 0 Å². The van der Waals surface area contributed by atoms with Crippen molar-refractivity contribution in [2.75, 3.05) is 13.1 Å². The maximum Gasteiger partial charge on any atom is 0.270 e. The Hall–Kier alpha value is -1.62. The van der Waals surface area contributed by atoms with Gasteiger partial charge < -0.3 is 14.6 Å². The molecule has 18 heavy (non-hydrogen) atoms. The molecule has 0 aromatic carbocycles. The first kappa shape index (κ1) is 14.4. The van der Waals surface area contributed by atoms with E-state index in [2.05, 4.69) is 0 Å². The first-order valence-corrected chi connectivity index (χ1v) is 5.94. The Labute approximate surface area is 107 Å². The van der Waals surface area contributed by atoms with E-state index in [1.165, 1.54) is 15.5 Å². The molecule has 0 atom stereocenters. The molecule has 0 aliphatic heterocycles. The van der Waals surface area contributed by atoms with Crippen LogP contribution in [0.3, 0.4) is 0 Å². The van der Waals surface area contributed by atoms with Crippen molar-refractivity contribution >= 4 is 5.91 Å². The number of aliphatic hydroxyl groups is 1. The minimum absolute atomic E-state index is 0.222. The van der Waals surface area contributed by atoms with Gasteiger partial charge in [0.2, 0.25) is 0 Å². The fraction of sp³-hybridized carbons (Fsp3) is 0.538. The molecule has 1 aromatic rings. The summed E-state index contributed by atoms with van der Waals surface area (Å²) in [7, 11) is 1.56. The Kier molecular flexibility index (Phi) is 4.29. The topological polar surface area (TPSA) is 62.5 Å². The smallest absolute Gasteiger partial charge is 0.270 e. The summed E-state index contributed by atoms with van der Waals surface area (Å²) in [5, 5.41) is 9.78. The van der Waals surface area contributed by atoms with Crippen molar-refractivity contribution in [1.29, 1.82) is 0 Å². The molecule has 1 N–H and O–H groups in total. The predicted octanol–water partition coefficient (Wildman–Crippen LogP) is 0.618. The van der Waals surface area contributed by atoms with E-state index in [0.717, 1.165) is 0 Å². The van der Waals surface area contributed by atoms with Gasteiger partial charge in [0, 0.05) is 26.2 Å². The van der Waals surface area contributed by atoms with Gasteiger partial charge in [0.25, 0.3) is 11.5 Å². The van der Waals surface area contributed by atoms with E-state index in [-0.39, 0.29) is 18.0 Å². The molecule has 0 saturated carbocycles. The normalized spacial score (nSPS) is 11.4. The number of rotatable bonds is 4. The van der Waals surface area contributed by atoms with Crippen molar-refractivity contribution in [1.82, 2.24) is 9.47 Å². The van der Waals surface area contributed by atoms with Gasteiger partial charge in [-0.05, 0) is 26.8 Å². The first-order valence-electron chi connectivity index (χ1n) is 5.94. The third-order valence-corrected chi connectivity index (χ3v) is 2.65. The maximum absolute atomic E-state index is 12.3. The van der Waals surface area contributed by atoms with Crippen LogP contribution in [0.1, 0.15) is 31.3 Å². The van der Waals surface area contributed by atoms with Gasteiger partial charge in [-0.1, -0.05) is 6.07 Å². The summed E-state index contributed by atoms with van der Waals surface area (Å²) in [6.07, 6.45) is 0. The second-order valence-electron chi connectivity index (χ2n) is 4.94. The molecule has 1 amide bonds. The molecule has 0 saturated heterocycles. The second-order valence-corrected chi connectivity index (χ2v) is 4.94. The highest BCUT2D eigenvalue weighted by molar-refractivity contribution is 5.92. The number of amides is 1. The fourth-order valence-corrected chi connectivity index (χ4v) is 1.73. The van der Waals surface area contributed by atoms with Crippen LogP contribution in [0.25, 0.3) is 0 Å². The summed E-state index contributed by atoms with van der Waals surface area (Å²) in [5.74, 6) is -0.250. The molecule has 0 unspecified atom stereocenters. The molecular weight excluding hydrogens is 232 g/mol. The van der Waals surface area contributed by atoms with Crippen molar-refractivity contribution in [2.24, 2.45) is 7.05 Å². The fourth-order valence-electron chi connectivity index (χ4n) is 1.73. The van der Waals surface area contributed by atoms with E-state index < -0.39 is 5.60 Å². The molecular formula is C13H20N2O3. The molecule has 0 fully saturated rings. The van der Waals surface area contributed by atoms with E-state index in [0.29, 0.717) is 12.2 Å². The van der Waals surface area contributed by atoms with E-state index >= 15 is 0 Å². The second kappa shape index (κ2) is 5.35. The van der Waals surface area contributed by atoms with Crippen molar-refractivity contribution in [3.05, 3.63) is 34.2 Å². The zero-order valence-electron chi connectivity index (χ0n) is 11.3. The summed E-state index contributed by atoms with van der Waals surface area (Å²) in [5.41, 5.74) is -0.854. The van der Waals surface area contributed by atoms with Gasteiger partial charge in [-0.25, -0.2) is 0 Å². The van der Waals surface area contributed by atoms with Crippen LogP contribution in [0.15, 0.2) is 23.0 Å². The van der Waals surface area contributed by atoms with Crippen LogP contribution < -0.4 is 5.56 Å². The van der Waals surface area contributed by atoms with Crippen LogP contribution in [-0.2, 0) is 7.05 Å². The highest BCUT2D eigenvalue weighted by atomic mass is 16.3. The van der Waals surface area contributed by atoms with Crippen LogP contribution in [-0.4, -0.2) is 39.2 Å². The highest BCUT2D eigenvalue weighted by Gasteiger charge is 2.23. The molecule has 0 aliphatic carbocycles. The minimum Gasteiger partial charge on any atom is -0.389 e. The Morgan fingerprint density at radius 1 is 1.44 bits per heavy atom. The Morgan fingerprint density at radius 3 is 2.56 bits per heavy atom. The standard InChI is InChI=1S/C13H20N2O3/c1-5-15(9-13(2,3)18)12(17)10-7-6-8-11(16)14(10)4/h6-8,18H,5,9H2,1-4H3. The largest absolute Gasteiger partial charge is 0.389 e. The van der Waals surface area contributed by atoms with Crippen molar-refractivity contribution in [2.45, 2.75) is 26.4 Å². The quantitative estimate of drug-likeness (QED) is 0.854. The summed E-state index contributed by atoms with van der Waals surface area (Å²) in [6.45, 7) is 5.84. The van der Waals surface area contributed by atoms with Gasteiger partial charge in [0.15, 0.2) is 0 Å². The summed E-state index contributed by atoms with van der Waals surface area (Å²) in [6, 6.07) is 4.58. The molecule has 0 aliphatic rings. The molecule has 100 valence electrons. The Morgan fingerprint density at radius 2 is 2.06 bits per heavy atom. The number of carbonyl (C=O) groups excluding carboxylic acids is 1. The first-order chi connectivity index (χ1) is 8.26. The third-order valence-electron chi connectivity index (χ3n) is 2.65. The van der Waals surface area contributed by atoms with E-state index in [1.54, 1.807) is 33.0 Å². The van der Waals surface area contributed by atoms with Crippen molar-refractivity contribution in [3.8, 4) is 0 Å². The number of aromatic nitrogens is 1. The van der Waals surface area contributed by atoms with E-state index in [1.807, 2.05) is 6.92 Å². The van der Waals surface area contributed by atoms with Crippen molar-refractivity contribution < 1.29 is 9.90 Å². The Balaban J connectivity index is 3.04. The average molecular weight is 252 g/mol. The summed E-state index contributed by atoms with van der Waals surface area (Å²) >= 11 is 0. The predicted molar refractivity (Wildman–Crippen MR) is 69.6 cm³/mol. The lowest BCUT2D eigenvalue weighted by Gasteiger charge is -2.28. The van der Waals surface area contributed by atoms with Gasteiger partial charge >= 0.3 is 0 Å². The van der Waals surface area contributed by atoms with E-state index in [9.17, 15) is 14.7 Å². The number of likely N-dealkylation sites (N-methyl/N-ethyl adjacent to an activating group) is 1. The van der Waals surface area contributed by atoms with Crippen LogP contribution >= 0.6 is 0 Å². The molecule has 0 radical (unpaired) electrons. The number of carbonyl (C=O) groups is 1. The molecule has 5 nitrogen and oxygen atoms in total. The monoisotopic (exact) mass is 252 g/mol. The zero-order valence-corrected chi connectivity index (χ0v) is 11.3. The SMILES string of the molecule is CCN(CC(C)(C)O)C(=O)c1cccc(=O)n1C. The molecule has 5 heteroatoms. The van der Waals surface area contributed by atoms with Crippen LogP contribution in [0.5, 0.6) is 0 Å². The summed E-state index contributed by atoms with van der Waals surface area (Å²) < 4.78 is 1.31. The molecule has 1 rings (SSSR count). The molecule has 1 aromatic heterocycles. The average Bonchev–Trinajstić information content (AvgIpc) is 2.27. The highest BCUT2D eigenvalue weighted by Crippen LogP contribution is 2.08. The number of nitrogens with zero attached hydrogens (tertiary/aromatic N) is 2. The lowest BCUT2D eigenvalue weighted by Crippen LogP contribution is -2.43. The van der Waals surface area contributed by atoms with Gasteiger partial charge in [-0.15, -0.1) is 0 Å². The maximum atomic E-state index is 12.3. The van der Waals surface area contributed by atoms with Crippen molar-refractivity contribution in [3.63, 3.8) is 0 Å². The lowest BCUT2D eigenvalue weighted by molar-refractivity contribution is 0.0309. The Bertz CT molecular complexity index is 486. The van der Waals surface area contributed by atoms with Crippen LogP contribution in [0.2, 0.25) is 0 Å². The third kappa shape index (κ3) is 3.43.